The van der Waals surface area contributed by atoms with Gasteiger partial charge in [0.25, 0.3) is 0 Å². The molecular formula is C20H19ClN2OS. The van der Waals surface area contributed by atoms with Gasteiger partial charge in [0.05, 0.1) is 5.69 Å². The highest BCUT2D eigenvalue weighted by Crippen LogP contribution is 2.27. The van der Waals surface area contributed by atoms with Crippen molar-refractivity contribution in [2.75, 3.05) is 0 Å². The Morgan fingerprint density at radius 2 is 1.80 bits per heavy atom. The Labute approximate surface area is 157 Å². The van der Waals surface area contributed by atoms with Crippen LogP contribution in [0.15, 0.2) is 65.8 Å². The molecule has 0 spiro atoms. The van der Waals surface area contributed by atoms with E-state index in [0.29, 0.717) is 17.0 Å². The number of aromatic nitrogens is 2. The number of para-hydroxylation sites is 1. The maximum Gasteiger partial charge on any atom is 0.223 e. The van der Waals surface area contributed by atoms with Crippen LogP contribution in [0.5, 0.6) is 11.6 Å². The quantitative estimate of drug-likeness (QED) is 0.374. The van der Waals surface area contributed by atoms with Crippen molar-refractivity contribution in [3.05, 3.63) is 76.9 Å². The number of nitrogens with zero attached hydrogens (tertiary/aromatic N) is 2. The van der Waals surface area contributed by atoms with E-state index in [0.717, 1.165) is 27.8 Å². The number of hydrogen-bond acceptors (Lipinski definition) is 4. The molecule has 0 amide bonds. The minimum absolute atomic E-state index is 0.298. The van der Waals surface area contributed by atoms with Crippen LogP contribution in [0.1, 0.15) is 31.0 Å². The van der Waals surface area contributed by atoms with E-state index in [1.54, 1.807) is 11.8 Å². The first-order valence-corrected chi connectivity index (χ1v) is 9.45. The van der Waals surface area contributed by atoms with Crippen molar-refractivity contribution in [3.8, 4) is 11.6 Å². The Hall–Kier alpha value is -2.04. The summed E-state index contributed by atoms with van der Waals surface area (Å²) in [5.74, 6) is 2.39. The van der Waals surface area contributed by atoms with Crippen LogP contribution in [-0.4, -0.2) is 9.97 Å². The van der Waals surface area contributed by atoms with Crippen molar-refractivity contribution in [2.45, 2.75) is 30.7 Å². The maximum absolute atomic E-state index is 6.05. The summed E-state index contributed by atoms with van der Waals surface area (Å²) in [7, 11) is 0. The summed E-state index contributed by atoms with van der Waals surface area (Å²) in [6, 6.07) is 19.4. The smallest absolute Gasteiger partial charge is 0.223 e. The minimum Gasteiger partial charge on any atom is -0.439 e. The van der Waals surface area contributed by atoms with Crippen molar-refractivity contribution in [1.82, 2.24) is 9.97 Å². The van der Waals surface area contributed by atoms with Gasteiger partial charge in [0.1, 0.15) is 5.75 Å². The Morgan fingerprint density at radius 3 is 2.52 bits per heavy atom. The number of thioether (sulfide) groups is 1. The third-order valence-electron chi connectivity index (χ3n) is 3.52. The van der Waals surface area contributed by atoms with E-state index in [4.69, 9.17) is 16.3 Å². The largest absolute Gasteiger partial charge is 0.439 e. The van der Waals surface area contributed by atoms with Gasteiger partial charge in [-0.1, -0.05) is 67.5 Å². The molecule has 3 rings (SSSR count). The first-order chi connectivity index (χ1) is 12.1. The molecule has 0 radical (unpaired) electrons. The summed E-state index contributed by atoms with van der Waals surface area (Å²) >= 11 is 7.63. The zero-order valence-corrected chi connectivity index (χ0v) is 15.7. The second kappa shape index (κ2) is 8.37. The molecule has 2 aromatic carbocycles. The maximum atomic E-state index is 6.05. The molecule has 0 bridgehead atoms. The molecule has 128 valence electrons. The SMILES string of the molecule is CC(C)c1cc(Oc2ccccc2)nc(SCc2cccc(Cl)c2)n1. The van der Waals surface area contributed by atoms with E-state index < -0.39 is 0 Å². The number of benzene rings is 2. The third kappa shape index (κ3) is 5.21. The molecule has 3 nitrogen and oxygen atoms in total. The van der Waals surface area contributed by atoms with Crippen LogP contribution in [0, 0.1) is 0 Å². The Morgan fingerprint density at radius 1 is 1.00 bits per heavy atom. The fourth-order valence-electron chi connectivity index (χ4n) is 2.22. The molecule has 0 aliphatic heterocycles. The van der Waals surface area contributed by atoms with Crippen LogP contribution < -0.4 is 4.74 Å². The zero-order chi connectivity index (χ0) is 17.6. The van der Waals surface area contributed by atoms with Crippen LogP contribution in [0.4, 0.5) is 0 Å². The number of hydrogen-bond donors (Lipinski definition) is 0. The van der Waals surface area contributed by atoms with Crippen LogP contribution >= 0.6 is 23.4 Å². The van der Waals surface area contributed by atoms with Gasteiger partial charge in [-0.2, -0.15) is 4.98 Å². The summed E-state index contributed by atoms with van der Waals surface area (Å²) in [5, 5.41) is 1.44. The molecule has 0 aliphatic rings. The third-order valence-corrected chi connectivity index (χ3v) is 4.67. The highest BCUT2D eigenvalue weighted by atomic mass is 35.5. The molecule has 0 fully saturated rings. The van der Waals surface area contributed by atoms with Crippen molar-refractivity contribution in [1.29, 1.82) is 0 Å². The van der Waals surface area contributed by atoms with E-state index in [1.807, 2.05) is 60.7 Å². The molecule has 0 N–H and O–H groups in total. The van der Waals surface area contributed by atoms with E-state index in [9.17, 15) is 0 Å². The fourth-order valence-corrected chi connectivity index (χ4v) is 3.23. The molecule has 25 heavy (non-hydrogen) atoms. The number of ether oxygens (including phenoxy) is 1. The molecule has 0 saturated heterocycles. The average molecular weight is 371 g/mol. The van der Waals surface area contributed by atoms with E-state index in [2.05, 4.69) is 23.8 Å². The van der Waals surface area contributed by atoms with E-state index >= 15 is 0 Å². The molecular weight excluding hydrogens is 352 g/mol. The first kappa shape index (κ1) is 17.8. The Bertz CT molecular complexity index is 840. The molecule has 5 heteroatoms. The van der Waals surface area contributed by atoms with Crippen LogP contribution in [0.2, 0.25) is 5.02 Å². The van der Waals surface area contributed by atoms with Crippen LogP contribution in [0.25, 0.3) is 0 Å². The highest BCUT2D eigenvalue weighted by molar-refractivity contribution is 7.98. The summed E-state index contributed by atoms with van der Waals surface area (Å²) < 4.78 is 5.90. The van der Waals surface area contributed by atoms with E-state index in [-0.39, 0.29) is 0 Å². The van der Waals surface area contributed by atoms with Gasteiger partial charge < -0.3 is 4.74 Å². The van der Waals surface area contributed by atoms with Crippen molar-refractivity contribution in [3.63, 3.8) is 0 Å². The predicted octanol–water partition coefficient (Wildman–Crippen LogP) is 6.34. The second-order valence-corrected chi connectivity index (χ2v) is 7.28. The van der Waals surface area contributed by atoms with Crippen molar-refractivity contribution < 1.29 is 4.74 Å². The Kier molecular flexibility index (Phi) is 5.95. The standard InChI is InChI=1S/C20H19ClN2OS/c1-14(2)18-12-19(24-17-9-4-3-5-10-17)23-20(22-18)25-13-15-7-6-8-16(21)11-15/h3-12,14H,13H2,1-2H3. The van der Waals surface area contributed by atoms with Crippen LogP contribution in [-0.2, 0) is 5.75 Å². The van der Waals surface area contributed by atoms with Gasteiger partial charge in [0.15, 0.2) is 5.16 Å². The normalized spacial score (nSPS) is 10.9. The molecule has 0 atom stereocenters. The molecule has 0 unspecified atom stereocenters. The molecule has 1 aromatic heterocycles. The molecule has 0 aliphatic carbocycles. The van der Waals surface area contributed by atoms with Gasteiger partial charge in [-0.15, -0.1) is 0 Å². The van der Waals surface area contributed by atoms with Crippen molar-refractivity contribution in [2.24, 2.45) is 0 Å². The molecule has 1 heterocycles. The van der Waals surface area contributed by atoms with Gasteiger partial charge >= 0.3 is 0 Å². The van der Waals surface area contributed by atoms with Gasteiger partial charge in [-0.05, 0) is 35.7 Å². The summed E-state index contributed by atoms with van der Waals surface area (Å²) in [6.07, 6.45) is 0. The lowest BCUT2D eigenvalue weighted by Gasteiger charge is -2.11. The summed E-state index contributed by atoms with van der Waals surface area (Å²) in [4.78, 5) is 9.20. The summed E-state index contributed by atoms with van der Waals surface area (Å²) in [5.41, 5.74) is 2.11. The predicted molar refractivity (Wildman–Crippen MR) is 104 cm³/mol. The van der Waals surface area contributed by atoms with Gasteiger partial charge in [-0.3, -0.25) is 0 Å². The summed E-state index contributed by atoms with van der Waals surface area (Å²) in [6.45, 7) is 4.22. The molecule has 3 aromatic rings. The van der Waals surface area contributed by atoms with Crippen LogP contribution in [0.3, 0.4) is 0 Å². The monoisotopic (exact) mass is 370 g/mol. The second-order valence-electron chi connectivity index (χ2n) is 5.90. The number of rotatable bonds is 6. The fraction of sp³-hybridized carbons (Fsp3) is 0.200. The zero-order valence-electron chi connectivity index (χ0n) is 14.1. The van der Waals surface area contributed by atoms with Gasteiger partial charge in [-0.25, -0.2) is 4.98 Å². The first-order valence-electron chi connectivity index (χ1n) is 8.09. The van der Waals surface area contributed by atoms with Gasteiger partial charge in [0.2, 0.25) is 5.88 Å². The average Bonchev–Trinajstić information content (AvgIpc) is 2.61. The van der Waals surface area contributed by atoms with E-state index in [1.165, 1.54) is 0 Å². The Balaban J connectivity index is 1.80. The number of halogens is 1. The van der Waals surface area contributed by atoms with Crippen molar-refractivity contribution >= 4 is 23.4 Å². The topological polar surface area (TPSA) is 35.0 Å². The minimum atomic E-state index is 0.298. The highest BCUT2D eigenvalue weighted by Gasteiger charge is 2.10. The lowest BCUT2D eigenvalue weighted by atomic mass is 10.1. The van der Waals surface area contributed by atoms with Gasteiger partial charge in [0, 0.05) is 16.8 Å². The lowest BCUT2D eigenvalue weighted by Crippen LogP contribution is -1.99. The lowest BCUT2D eigenvalue weighted by molar-refractivity contribution is 0.453. The molecule has 0 saturated carbocycles.